The van der Waals surface area contributed by atoms with Crippen LogP contribution in [-0.2, 0) is 6.54 Å². The number of hydrogen-bond donors (Lipinski definition) is 0. The number of benzene rings is 1. The molecule has 17 heavy (non-hydrogen) atoms. The molecule has 0 aliphatic carbocycles. The summed E-state index contributed by atoms with van der Waals surface area (Å²) in [6.07, 6.45) is 2.44. The van der Waals surface area contributed by atoms with Gasteiger partial charge in [-0.15, -0.1) is 0 Å². The minimum Gasteiger partial charge on any atom is -0.249 e. The van der Waals surface area contributed by atoms with E-state index in [4.69, 9.17) is 4.98 Å². The molecule has 0 saturated heterocycles. The van der Waals surface area contributed by atoms with Gasteiger partial charge in [-0.3, -0.25) is 0 Å². The summed E-state index contributed by atoms with van der Waals surface area (Å²) in [7, 11) is 0. The Morgan fingerprint density at radius 1 is 1.29 bits per heavy atom. The highest BCUT2D eigenvalue weighted by Gasteiger charge is 2.21. The molecule has 3 heteroatoms. The van der Waals surface area contributed by atoms with Crippen molar-refractivity contribution in [3.05, 3.63) is 35.7 Å². The Morgan fingerprint density at radius 3 is 2.88 bits per heavy atom. The van der Waals surface area contributed by atoms with Gasteiger partial charge in [-0.05, 0) is 25.3 Å². The zero-order valence-electron chi connectivity index (χ0n) is 10.3. The van der Waals surface area contributed by atoms with Gasteiger partial charge in [-0.1, -0.05) is 31.2 Å². The van der Waals surface area contributed by atoms with E-state index < -0.39 is 0 Å². The summed E-state index contributed by atoms with van der Waals surface area (Å²) in [5.74, 6) is 2.57. The molecular weight excluding hydrogens is 210 g/mol. The first-order valence-electron chi connectivity index (χ1n) is 6.26. The quantitative estimate of drug-likeness (QED) is 0.749. The SMILES string of the molecule is Cc1ccccc1-c1nc2n(n1)CCCC2C. The molecular formula is C14H17N3. The summed E-state index contributed by atoms with van der Waals surface area (Å²) in [6.45, 7) is 5.36. The van der Waals surface area contributed by atoms with Gasteiger partial charge in [0.2, 0.25) is 0 Å². The fourth-order valence-corrected chi connectivity index (χ4v) is 2.50. The minimum atomic E-state index is 0.536. The maximum absolute atomic E-state index is 4.71. The fourth-order valence-electron chi connectivity index (χ4n) is 2.50. The van der Waals surface area contributed by atoms with Crippen LogP contribution < -0.4 is 0 Å². The summed E-state index contributed by atoms with van der Waals surface area (Å²) in [4.78, 5) is 4.71. The van der Waals surface area contributed by atoms with Crippen molar-refractivity contribution >= 4 is 0 Å². The third-order valence-electron chi connectivity index (χ3n) is 3.53. The Kier molecular flexibility index (Phi) is 2.46. The first-order chi connectivity index (χ1) is 8.25. The number of aryl methyl sites for hydroxylation is 2. The van der Waals surface area contributed by atoms with Crippen LogP contribution in [0.3, 0.4) is 0 Å². The van der Waals surface area contributed by atoms with Gasteiger partial charge in [-0.25, -0.2) is 9.67 Å². The van der Waals surface area contributed by atoms with E-state index in [1.165, 1.54) is 18.4 Å². The largest absolute Gasteiger partial charge is 0.249 e. The van der Waals surface area contributed by atoms with Gasteiger partial charge in [-0.2, -0.15) is 5.10 Å². The number of aromatic nitrogens is 3. The summed E-state index contributed by atoms with van der Waals surface area (Å²) in [5, 5.41) is 4.64. The van der Waals surface area contributed by atoms with E-state index in [0.29, 0.717) is 5.92 Å². The molecule has 2 heterocycles. The predicted molar refractivity (Wildman–Crippen MR) is 67.8 cm³/mol. The van der Waals surface area contributed by atoms with Crippen LogP contribution >= 0.6 is 0 Å². The van der Waals surface area contributed by atoms with Crippen LogP contribution in [0.4, 0.5) is 0 Å². The van der Waals surface area contributed by atoms with Crippen molar-refractivity contribution < 1.29 is 0 Å². The second-order valence-electron chi connectivity index (χ2n) is 4.87. The summed E-state index contributed by atoms with van der Waals surface area (Å²) in [5.41, 5.74) is 2.39. The monoisotopic (exact) mass is 227 g/mol. The van der Waals surface area contributed by atoms with Gasteiger partial charge in [0.05, 0.1) is 0 Å². The maximum atomic E-state index is 4.71. The average Bonchev–Trinajstić information content (AvgIpc) is 2.75. The van der Waals surface area contributed by atoms with E-state index in [-0.39, 0.29) is 0 Å². The smallest absolute Gasteiger partial charge is 0.181 e. The van der Waals surface area contributed by atoms with Crippen LogP contribution in [0.2, 0.25) is 0 Å². The first-order valence-corrected chi connectivity index (χ1v) is 6.26. The Labute approximate surface area is 101 Å². The first kappa shape index (κ1) is 10.5. The molecule has 0 radical (unpaired) electrons. The molecule has 1 aromatic carbocycles. The maximum Gasteiger partial charge on any atom is 0.181 e. The van der Waals surface area contributed by atoms with E-state index >= 15 is 0 Å². The lowest BCUT2D eigenvalue weighted by Gasteiger charge is -2.17. The highest BCUT2D eigenvalue weighted by Crippen LogP contribution is 2.28. The minimum absolute atomic E-state index is 0.536. The van der Waals surface area contributed by atoms with Gasteiger partial charge in [0.1, 0.15) is 5.82 Å². The van der Waals surface area contributed by atoms with Crippen LogP contribution in [0, 0.1) is 6.92 Å². The Balaban J connectivity index is 2.08. The van der Waals surface area contributed by atoms with Gasteiger partial charge in [0.15, 0.2) is 5.82 Å². The predicted octanol–water partition coefficient (Wildman–Crippen LogP) is 3.15. The number of hydrogen-bond acceptors (Lipinski definition) is 2. The number of nitrogens with zero attached hydrogens (tertiary/aromatic N) is 3. The summed E-state index contributed by atoms with van der Waals surface area (Å²) in [6, 6.07) is 8.31. The molecule has 0 fully saturated rings. The molecule has 0 saturated carbocycles. The lowest BCUT2D eigenvalue weighted by molar-refractivity contribution is 0.432. The molecule has 0 bridgehead atoms. The summed E-state index contributed by atoms with van der Waals surface area (Å²) < 4.78 is 2.08. The second kappa shape index (κ2) is 3.99. The van der Waals surface area contributed by atoms with E-state index in [2.05, 4.69) is 41.8 Å². The van der Waals surface area contributed by atoms with Crippen LogP contribution in [0.5, 0.6) is 0 Å². The van der Waals surface area contributed by atoms with Crippen LogP contribution in [0.15, 0.2) is 24.3 Å². The highest BCUT2D eigenvalue weighted by atomic mass is 15.4. The topological polar surface area (TPSA) is 30.7 Å². The van der Waals surface area contributed by atoms with E-state index in [1.807, 2.05) is 6.07 Å². The van der Waals surface area contributed by atoms with Crippen molar-refractivity contribution in [2.75, 3.05) is 0 Å². The van der Waals surface area contributed by atoms with Crippen molar-refractivity contribution in [2.24, 2.45) is 0 Å². The second-order valence-corrected chi connectivity index (χ2v) is 4.87. The van der Waals surface area contributed by atoms with E-state index in [1.54, 1.807) is 0 Å². The van der Waals surface area contributed by atoms with Crippen molar-refractivity contribution in [3.63, 3.8) is 0 Å². The standard InChI is InChI=1S/C14H17N3/c1-10-6-3-4-8-12(10)13-15-14-11(2)7-5-9-17(14)16-13/h3-4,6,8,11H,5,7,9H2,1-2H3. The molecule has 1 unspecified atom stereocenters. The lowest BCUT2D eigenvalue weighted by atomic mass is 10.0. The number of fused-ring (bicyclic) bond motifs is 1. The zero-order valence-corrected chi connectivity index (χ0v) is 10.3. The molecule has 3 nitrogen and oxygen atoms in total. The van der Waals surface area contributed by atoms with Crippen LogP contribution in [0.25, 0.3) is 11.4 Å². The Bertz CT molecular complexity index is 542. The van der Waals surface area contributed by atoms with Gasteiger partial charge < -0.3 is 0 Å². The third-order valence-corrected chi connectivity index (χ3v) is 3.53. The molecule has 2 aromatic rings. The summed E-state index contributed by atoms with van der Waals surface area (Å²) >= 11 is 0. The fraction of sp³-hybridized carbons (Fsp3) is 0.429. The molecule has 1 aliphatic heterocycles. The van der Waals surface area contributed by atoms with E-state index in [0.717, 1.165) is 23.8 Å². The van der Waals surface area contributed by atoms with Crippen molar-refractivity contribution in [1.29, 1.82) is 0 Å². The molecule has 1 aromatic heterocycles. The number of rotatable bonds is 1. The van der Waals surface area contributed by atoms with Gasteiger partial charge in [0, 0.05) is 18.0 Å². The van der Waals surface area contributed by atoms with Crippen molar-refractivity contribution in [1.82, 2.24) is 14.8 Å². The normalized spacial score (nSPS) is 19.1. The van der Waals surface area contributed by atoms with Crippen molar-refractivity contribution in [3.8, 4) is 11.4 Å². The lowest BCUT2D eigenvalue weighted by Crippen LogP contribution is -2.14. The third kappa shape index (κ3) is 1.75. The molecule has 3 rings (SSSR count). The van der Waals surface area contributed by atoms with Crippen LogP contribution in [-0.4, -0.2) is 14.8 Å². The highest BCUT2D eigenvalue weighted by molar-refractivity contribution is 5.59. The average molecular weight is 227 g/mol. The van der Waals surface area contributed by atoms with Gasteiger partial charge >= 0.3 is 0 Å². The Hall–Kier alpha value is -1.64. The zero-order chi connectivity index (χ0) is 11.8. The van der Waals surface area contributed by atoms with Crippen LogP contribution in [0.1, 0.15) is 37.1 Å². The molecule has 1 aliphatic rings. The van der Waals surface area contributed by atoms with Crippen molar-refractivity contribution in [2.45, 2.75) is 39.2 Å². The van der Waals surface area contributed by atoms with E-state index in [9.17, 15) is 0 Å². The molecule has 0 amide bonds. The van der Waals surface area contributed by atoms with Gasteiger partial charge in [0.25, 0.3) is 0 Å². The molecule has 88 valence electrons. The molecule has 0 spiro atoms. The molecule has 0 N–H and O–H groups in total. The molecule has 1 atom stereocenters. The Morgan fingerprint density at radius 2 is 2.12 bits per heavy atom.